The SMILES string of the molecule is CN(C)C1(CNCCn2cccn2)CCCC1. The molecule has 4 heteroatoms. The molecule has 17 heavy (non-hydrogen) atoms. The Balaban J connectivity index is 1.73. The average Bonchev–Trinajstić information content (AvgIpc) is 2.96. The van der Waals surface area contributed by atoms with Crippen molar-refractivity contribution >= 4 is 0 Å². The van der Waals surface area contributed by atoms with Crippen LogP contribution in [0.2, 0.25) is 0 Å². The van der Waals surface area contributed by atoms with Crippen molar-refractivity contribution in [3.05, 3.63) is 18.5 Å². The number of nitrogens with one attached hydrogen (secondary N) is 1. The van der Waals surface area contributed by atoms with E-state index in [9.17, 15) is 0 Å². The molecule has 0 atom stereocenters. The first-order valence-corrected chi connectivity index (χ1v) is 6.59. The molecule has 1 heterocycles. The summed E-state index contributed by atoms with van der Waals surface area (Å²) in [4.78, 5) is 2.40. The smallest absolute Gasteiger partial charge is 0.0533 e. The van der Waals surface area contributed by atoms with Gasteiger partial charge in [0.25, 0.3) is 0 Å². The summed E-state index contributed by atoms with van der Waals surface area (Å²) in [6.45, 7) is 3.05. The van der Waals surface area contributed by atoms with Gasteiger partial charge in [0, 0.05) is 31.0 Å². The highest BCUT2D eigenvalue weighted by Gasteiger charge is 2.35. The number of likely N-dealkylation sites (N-methyl/N-ethyl adjacent to an activating group) is 1. The van der Waals surface area contributed by atoms with E-state index in [0.717, 1.165) is 19.6 Å². The van der Waals surface area contributed by atoms with Crippen LogP contribution in [0.1, 0.15) is 25.7 Å². The largest absolute Gasteiger partial charge is 0.313 e. The van der Waals surface area contributed by atoms with Gasteiger partial charge in [0.1, 0.15) is 0 Å². The normalized spacial score (nSPS) is 19.0. The minimum atomic E-state index is 0.393. The summed E-state index contributed by atoms with van der Waals surface area (Å²) in [6, 6.07) is 1.97. The monoisotopic (exact) mass is 236 g/mol. The van der Waals surface area contributed by atoms with Crippen molar-refractivity contribution in [2.75, 3.05) is 27.2 Å². The van der Waals surface area contributed by atoms with Crippen LogP contribution in [0.25, 0.3) is 0 Å². The maximum Gasteiger partial charge on any atom is 0.0533 e. The minimum Gasteiger partial charge on any atom is -0.313 e. The van der Waals surface area contributed by atoms with Crippen LogP contribution in [0.15, 0.2) is 18.5 Å². The number of rotatable bonds is 6. The molecule has 0 unspecified atom stereocenters. The Morgan fingerprint density at radius 2 is 2.12 bits per heavy atom. The molecule has 1 saturated carbocycles. The van der Waals surface area contributed by atoms with Gasteiger partial charge in [0.05, 0.1) is 6.54 Å². The third-order valence-corrected chi connectivity index (χ3v) is 4.01. The Morgan fingerprint density at radius 3 is 2.71 bits per heavy atom. The van der Waals surface area contributed by atoms with Gasteiger partial charge in [0.2, 0.25) is 0 Å². The molecule has 0 amide bonds. The number of aromatic nitrogens is 2. The predicted octanol–water partition coefficient (Wildman–Crippen LogP) is 1.35. The molecule has 0 aliphatic heterocycles. The molecule has 1 aromatic rings. The van der Waals surface area contributed by atoms with Crippen LogP contribution in [-0.2, 0) is 6.54 Å². The lowest BCUT2D eigenvalue weighted by atomic mass is 9.96. The van der Waals surface area contributed by atoms with Crippen LogP contribution in [0.4, 0.5) is 0 Å². The van der Waals surface area contributed by atoms with Gasteiger partial charge in [-0.3, -0.25) is 4.68 Å². The van der Waals surface area contributed by atoms with E-state index in [1.165, 1.54) is 25.7 Å². The van der Waals surface area contributed by atoms with E-state index in [1.807, 2.05) is 23.1 Å². The lowest BCUT2D eigenvalue weighted by molar-refractivity contribution is 0.153. The number of hydrogen-bond donors (Lipinski definition) is 1. The Morgan fingerprint density at radius 1 is 1.35 bits per heavy atom. The van der Waals surface area contributed by atoms with Crippen LogP contribution < -0.4 is 5.32 Å². The van der Waals surface area contributed by atoms with Crippen molar-refractivity contribution in [1.82, 2.24) is 20.0 Å². The highest BCUT2D eigenvalue weighted by atomic mass is 15.3. The zero-order valence-corrected chi connectivity index (χ0v) is 11.0. The Labute approximate surface area is 104 Å². The van der Waals surface area contributed by atoms with Gasteiger partial charge in [-0.15, -0.1) is 0 Å². The van der Waals surface area contributed by atoms with Crippen LogP contribution >= 0.6 is 0 Å². The summed E-state index contributed by atoms with van der Waals surface area (Å²) in [7, 11) is 4.42. The van der Waals surface area contributed by atoms with Gasteiger partial charge in [-0.05, 0) is 33.0 Å². The number of nitrogens with zero attached hydrogens (tertiary/aromatic N) is 3. The fraction of sp³-hybridized carbons (Fsp3) is 0.769. The first kappa shape index (κ1) is 12.6. The highest BCUT2D eigenvalue weighted by molar-refractivity contribution is 4.94. The van der Waals surface area contributed by atoms with Gasteiger partial charge < -0.3 is 10.2 Å². The fourth-order valence-corrected chi connectivity index (χ4v) is 2.76. The minimum absolute atomic E-state index is 0.393. The lowest BCUT2D eigenvalue weighted by Crippen LogP contribution is -2.50. The summed E-state index contributed by atoms with van der Waals surface area (Å²) in [5.41, 5.74) is 0.393. The van der Waals surface area contributed by atoms with E-state index in [1.54, 1.807) is 0 Å². The summed E-state index contributed by atoms with van der Waals surface area (Å²) >= 11 is 0. The maximum absolute atomic E-state index is 4.20. The topological polar surface area (TPSA) is 33.1 Å². The van der Waals surface area contributed by atoms with Crippen LogP contribution in [0.5, 0.6) is 0 Å². The molecule has 1 aliphatic rings. The molecule has 96 valence electrons. The summed E-state index contributed by atoms with van der Waals surface area (Å²) in [5, 5.41) is 7.79. The average molecular weight is 236 g/mol. The zero-order chi connectivity index (χ0) is 12.1. The van der Waals surface area contributed by atoms with E-state index in [0.29, 0.717) is 5.54 Å². The second-order valence-electron chi connectivity index (χ2n) is 5.27. The second-order valence-corrected chi connectivity index (χ2v) is 5.27. The molecule has 0 radical (unpaired) electrons. The number of hydrogen-bond acceptors (Lipinski definition) is 3. The molecule has 0 bridgehead atoms. The summed E-state index contributed by atoms with van der Waals surface area (Å²) < 4.78 is 1.98. The molecule has 0 saturated heterocycles. The van der Waals surface area contributed by atoms with Crippen molar-refractivity contribution in [3.63, 3.8) is 0 Å². The van der Waals surface area contributed by atoms with Gasteiger partial charge >= 0.3 is 0 Å². The Kier molecular flexibility index (Phi) is 4.18. The molecule has 1 aliphatic carbocycles. The maximum atomic E-state index is 4.20. The van der Waals surface area contributed by atoms with E-state index in [-0.39, 0.29) is 0 Å². The quantitative estimate of drug-likeness (QED) is 0.757. The van der Waals surface area contributed by atoms with Gasteiger partial charge in [-0.2, -0.15) is 5.10 Å². The molecule has 1 fully saturated rings. The fourth-order valence-electron chi connectivity index (χ4n) is 2.76. The van der Waals surface area contributed by atoms with Crippen LogP contribution in [0, 0.1) is 0 Å². The standard InChI is InChI=1S/C13H24N4/c1-16(2)13(6-3-4-7-13)12-14-9-11-17-10-5-8-15-17/h5,8,10,14H,3-4,6-7,9,11-12H2,1-2H3. The molecule has 0 aromatic carbocycles. The zero-order valence-electron chi connectivity index (χ0n) is 11.0. The van der Waals surface area contributed by atoms with Gasteiger partial charge in [-0.25, -0.2) is 0 Å². The first-order chi connectivity index (χ1) is 8.23. The van der Waals surface area contributed by atoms with Crippen molar-refractivity contribution in [2.45, 2.75) is 37.8 Å². The van der Waals surface area contributed by atoms with Crippen molar-refractivity contribution in [3.8, 4) is 0 Å². The molecule has 4 nitrogen and oxygen atoms in total. The summed E-state index contributed by atoms with van der Waals surface area (Å²) in [5.74, 6) is 0. The third-order valence-electron chi connectivity index (χ3n) is 4.01. The first-order valence-electron chi connectivity index (χ1n) is 6.59. The van der Waals surface area contributed by atoms with Crippen molar-refractivity contribution < 1.29 is 0 Å². The second kappa shape index (κ2) is 5.65. The lowest BCUT2D eigenvalue weighted by Gasteiger charge is -2.36. The van der Waals surface area contributed by atoms with E-state index in [4.69, 9.17) is 0 Å². The van der Waals surface area contributed by atoms with Crippen LogP contribution in [-0.4, -0.2) is 47.4 Å². The third kappa shape index (κ3) is 3.07. The van der Waals surface area contributed by atoms with Crippen LogP contribution in [0.3, 0.4) is 0 Å². The molecular weight excluding hydrogens is 212 g/mol. The van der Waals surface area contributed by atoms with Gasteiger partial charge in [-0.1, -0.05) is 12.8 Å². The highest BCUT2D eigenvalue weighted by Crippen LogP contribution is 2.32. The molecule has 1 N–H and O–H groups in total. The molecule has 0 spiro atoms. The van der Waals surface area contributed by atoms with Crippen molar-refractivity contribution in [2.24, 2.45) is 0 Å². The van der Waals surface area contributed by atoms with E-state index >= 15 is 0 Å². The van der Waals surface area contributed by atoms with E-state index < -0.39 is 0 Å². The Bertz CT molecular complexity index is 312. The van der Waals surface area contributed by atoms with E-state index in [2.05, 4.69) is 29.4 Å². The van der Waals surface area contributed by atoms with Crippen molar-refractivity contribution in [1.29, 1.82) is 0 Å². The molecule has 1 aromatic heterocycles. The predicted molar refractivity (Wildman–Crippen MR) is 70.0 cm³/mol. The Hall–Kier alpha value is -0.870. The summed E-state index contributed by atoms with van der Waals surface area (Å²) in [6.07, 6.45) is 9.25. The van der Waals surface area contributed by atoms with Gasteiger partial charge in [0.15, 0.2) is 0 Å². The molecular formula is C13H24N4. The molecule has 2 rings (SSSR count).